The van der Waals surface area contributed by atoms with E-state index in [9.17, 15) is 5.11 Å². The summed E-state index contributed by atoms with van der Waals surface area (Å²) in [5.74, 6) is 1.73. The Morgan fingerprint density at radius 1 is 1.24 bits per heavy atom. The van der Waals surface area contributed by atoms with Gasteiger partial charge in [0.25, 0.3) is 0 Å². The molecule has 4 nitrogen and oxygen atoms in total. The number of aliphatic hydroxyl groups excluding tert-OH is 1. The zero-order chi connectivity index (χ0) is 12.3. The van der Waals surface area contributed by atoms with Gasteiger partial charge in [0.05, 0.1) is 0 Å². The Labute approximate surface area is 101 Å². The van der Waals surface area contributed by atoms with Gasteiger partial charge >= 0.3 is 0 Å². The zero-order valence-electron chi connectivity index (χ0n) is 10.0. The minimum atomic E-state index is -0.703. The normalized spacial score (nSPS) is 15.6. The number of fused-ring (bicyclic) bond motifs is 1. The summed E-state index contributed by atoms with van der Waals surface area (Å²) in [6.45, 7) is 4.48. The Morgan fingerprint density at radius 3 is 2.65 bits per heavy atom. The standard InChI is InChI=1S/C13H17NO3/c1-9(2)14-7-10(15)13-8-16-11-5-3-4-6-12(11)17-13/h3-6,8-10,14-15H,7H2,1-2H3/t10-/m1/s1. The third kappa shape index (κ3) is 2.99. The minimum Gasteiger partial charge on any atom is -0.457 e. The van der Waals surface area contributed by atoms with Crippen molar-refractivity contribution < 1.29 is 14.6 Å². The van der Waals surface area contributed by atoms with Crippen LogP contribution < -0.4 is 14.8 Å². The highest BCUT2D eigenvalue weighted by Gasteiger charge is 2.20. The van der Waals surface area contributed by atoms with Crippen molar-refractivity contribution in [2.24, 2.45) is 0 Å². The molecule has 0 spiro atoms. The maximum absolute atomic E-state index is 9.91. The number of benzene rings is 1. The van der Waals surface area contributed by atoms with E-state index < -0.39 is 6.10 Å². The van der Waals surface area contributed by atoms with Crippen LogP contribution in [0.5, 0.6) is 11.5 Å². The van der Waals surface area contributed by atoms with Crippen molar-refractivity contribution >= 4 is 0 Å². The number of rotatable bonds is 4. The lowest BCUT2D eigenvalue weighted by Crippen LogP contribution is -2.34. The highest BCUT2D eigenvalue weighted by molar-refractivity contribution is 5.43. The molecule has 0 radical (unpaired) electrons. The van der Waals surface area contributed by atoms with E-state index >= 15 is 0 Å². The molecule has 0 bridgehead atoms. The van der Waals surface area contributed by atoms with Crippen LogP contribution in [0.1, 0.15) is 13.8 Å². The summed E-state index contributed by atoms with van der Waals surface area (Å²) < 4.78 is 11.0. The van der Waals surface area contributed by atoms with E-state index in [2.05, 4.69) is 5.32 Å². The van der Waals surface area contributed by atoms with Crippen molar-refractivity contribution in [1.29, 1.82) is 0 Å². The van der Waals surface area contributed by atoms with E-state index in [4.69, 9.17) is 9.47 Å². The molecule has 17 heavy (non-hydrogen) atoms. The molecule has 0 saturated heterocycles. The van der Waals surface area contributed by atoms with Crippen molar-refractivity contribution in [2.45, 2.75) is 26.0 Å². The SMILES string of the molecule is CC(C)NC[C@@H](O)C1=COc2ccccc2O1. The van der Waals surface area contributed by atoms with Crippen LogP contribution in [0.25, 0.3) is 0 Å². The monoisotopic (exact) mass is 235 g/mol. The third-order valence-corrected chi connectivity index (χ3v) is 2.43. The lowest BCUT2D eigenvalue weighted by Gasteiger charge is -2.22. The van der Waals surface area contributed by atoms with E-state index in [1.807, 2.05) is 38.1 Å². The molecule has 2 rings (SSSR count). The zero-order valence-corrected chi connectivity index (χ0v) is 10.0. The average molecular weight is 235 g/mol. The van der Waals surface area contributed by atoms with E-state index in [1.54, 1.807) is 0 Å². The van der Waals surface area contributed by atoms with Gasteiger partial charge in [-0.2, -0.15) is 0 Å². The summed E-state index contributed by atoms with van der Waals surface area (Å²) in [7, 11) is 0. The smallest absolute Gasteiger partial charge is 0.169 e. The maximum atomic E-state index is 9.91. The number of aliphatic hydroxyl groups is 1. The fourth-order valence-electron chi connectivity index (χ4n) is 1.50. The Hall–Kier alpha value is -1.52. The van der Waals surface area contributed by atoms with Crippen molar-refractivity contribution in [3.05, 3.63) is 36.3 Å². The second-order valence-electron chi connectivity index (χ2n) is 4.27. The van der Waals surface area contributed by atoms with Crippen LogP contribution in [-0.2, 0) is 0 Å². The van der Waals surface area contributed by atoms with E-state index in [0.29, 0.717) is 29.8 Å². The molecule has 1 atom stereocenters. The summed E-state index contributed by atoms with van der Waals surface area (Å²) in [6, 6.07) is 7.69. The minimum absolute atomic E-state index is 0.321. The highest BCUT2D eigenvalue weighted by Crippen LogP contribution is 2.32. The maximum Gasteiger partial charge on any atom is 0.169 e. The second kappa shape index (κ2) is 5.21. The van der Waals surface area contributed by atoms with Gasteiger partial charge in [0.1, 0.15) is 12.4 Å². The van der Waals surface area contributed by atoms with Gasteiger partial charge in [-0.1, -0.05) is 26.0 Å². The molecule has 4 heteroatoms. The van der Waals surface area contributed by atoms with Gasteiger partial charge in [-0.05, 0) is 12.1 Å². The average Bonchev–Trinajstić information content (AvgIpc) is 2.35. The van der Waals surface area contributed by atoms with Crippen LogP contribution >= 0.6 is 0 Å². The predicted octanol–water partition coefficient (Wildman–Crippen LogP) is 1.66. The van der Waals surface area contributed by atoms with Crippen molar-refractivity contribution in [3.8, 4) is 11.5 Å². The van der Waals surface area contributed by atoms with Crippen LogP contribution in [0.15, 0.2) is 36.3 Å². The fourth-order valence-corrected chi connectivity index (χ4v) is 1.50. The molecule has 0 fully saturated rings. The molecular formula is C13H17NO3. The molecule has 0 amide bonds. The molecule has 0 aromatic heterocycles. The highest BCUT2D eigenvalue weighted by atomic mass is 16.6. The number of ether oxygens (including phenoxy) is 2. The van der Waals surface area contributed by atoms with Crippen molar-refractivity contribution in [2.75, 3.05) is 6.54 Å². The van der Waals surface area contributed by atoms with Gasteiger partial charge in [0.15, 0.2) is 17.3 Å². The second-order valence-corrected chi connectivity index (χ2v) is 4.27. The van der Waals surface area contributed by atoms with Crippen LogP contribution in [0.3, 0.4) is 0 Å². The van der Waals surface area contributed by atoms with Crippen LogP contribution in [0.4, 0.5) is 0 Å². The van der Waals surface area contributed by atoms with Gasteiger partial charge in [-0.3, -0.25) is 0 Å². The third-order valence-electron chi connectivity index (χ3n) is 2.43. The molecule has 0 unspecified atom stereocenters. The molecule has 2 N–H and O–H groups in total. The van der Waals surface area contributed by atoms with Crippen molar-refractivity contribution in [3.63, 3.8) is 0 Å². The van der Waals surface area contributed by atoms with Gasteiger partial charge < -0.3 is 19.9 Å². The van der Waals surface area contributed by atoms with Gasteiger partial charge in [0.2, 0.25) is 0 Å². The first-order valence-corrected chi connectivity index (χ1v) is 5.72. The molecule has 0 saturated carbocycles. The molecule has 1 aliphatic rings. The van der Waals surface area contributed by atoms with Gasteiger partial charge in [-0.25, -0.2) is 0 Å². The molecule has 1 aromatic rings. The largest absolute Gasteiger partial charge is 0.457 e. The molecular weight excluding hydrogens is 218 g/mol. The summed E-state index contributed by atoms with van der Waals surface area (Å²) in [6.07, 6.45) is 0.750. The molecule has 1 heterocycles. The summed E-state index contributed by atoms with van der Waals surface area (Å²) in [5, 5.41) is 13.1. The van der Waals surface area contributed by atoms with Crippen molar-refractivity contribution in [1.82, 2.24) is 5.32 Å². The van der Waals surface area contributed by atoms with E-state index in [-0.39, 0.29) is 0 Å². The number of para-hydroxylation sites is 2. The fraction of sp³-hybridized carbons (Fsp3) is 0.385. The Bertz CT molecular complexity index is 415. The van der Waals surface area contributed by atoms with E-state index in [0.717, 1.165) is 0 Å². The van der Waals surface area contributed by atoms with Crippen LogP contribution in [-0.4, -0.2) is 23.8 Å². The molecule has 92 valence electrons. The topological polar surface area (TPSA) is 50.7 Å². The predicted molar refractivity (Wildman–Crippen MR) is 64.9 cm³/mol. The summed E-state index contributed by atoms with van der Waals surface area (Å²) >= 11 is 0. The van der Waals surface area contributed by atoms with Crippen LogP contribution in [0.2, 0.25) is 0 Å². The Balaban J connectivity index is 1.98. The van der Waals surface area contributed by atoms with Gasteiger partial charge in [0, 0.05) is 12.6 Å². The Morgan fingerprint density at radius 2 is 1.94 bits per heavy atom. The summed E-state index contributed by atoms with van der Waals surface area (Å²) in [5.41, 5.74) is 0. The number of hydrogen-bond acceptors (Lipinski definition) is 4. The lowest BCUT2D eigenvalue weighted by atomic mass is 10.2. The summed E-state index contributed by atoms with van der Waals surface area (Å²) in [4.78, 5) is 0. The number of nitrogens with one attached hydrogen (secondary N) is 1. The first-order valence-electron chi connectivity index (χ1n) is 5.72. The van der Waals surface area contributed by atoms with Crippen LogP contribution in [0, 0.1) is 0 Å². The number of hydrogen-bond donors (Lipinski definition) is 2. The van der Waals surface area contributed by atoms with E-state index in [1.165, 1.54) is 6.26 Å². The lowest BCUT2D eigenvalue weighted by molar-refractivity contribution is 0.142. The molecule has 0 aliphatic carbocycles. The molecule has 1 aliphatic heterocycles. The van der Waals surface area contributed by atoms with Gasteiger partial charge in [-0.15, -0.1) is 0 Å². The Kier molecular flexibility index (Phi) is 3.66. The first kappa shape index (κ1) is 12.0. The molecule has 1 aromatic carbocycles. The first-order chi connectivity index (χ1) is 8.16. The quantitative estimate of drug-likeness (QED) is 0.833.